The Bertz CT molecular complexity index is 783. The van der Waals surface area contributed by atoms with Crippen LogP contribution in [-0.2, 0) is 18.3 Å². The maximum absolute atomic E-state index is 12.4. The molecule has 1 aliphatic rings. The van der Waals surface area contributed by atoms with E-state index in [9.17, 15) is 18.3 Å². The Hall–Kier alpha value is -2.63. The molecule has 160 valence electrons. The number of aromatic nitrogens is 3. The quantitative estimate of drug-likeness (QED) is 0.379. The summed E-state index contributed by atoms with van der Waals surface area (Å²) in [7, 11) is 0. The van der Waals surface area contributed by atoms with Crippen molar-refractivity contribution in [1.29, 1.82) is 0 Å². The number of piperidine rings is 1. The Morgan fingerprint density at radius 3 is 2.34 bits per heavy atom. The number of alkyl halides is 3. The van der Waals surface area contributed by atoms with Crippen molar-refractivity contribution in [1.82, 2.24) is 25.5 Å². The molecule has 1 aliphatic heterocycles. The minimum atomic E-state index is -4.32. The van der Waals surface area contributed by atoms with Crippen molar-refractivity contribution in [3.8, 4) is 0 Å². The average Bonchev–Trinajstić information content (AvgIpc) is 3.07. The van der Waals surface area contributed by atoms with E-state index >= 15 is 0 Å². The van der Waals surface area contributed by atoms with Crippen LogP contribution in [0.1, 0.15) is 35.6 Å². The standard InChI is InChI=1S/C12H14F3NO.C6H12N6/c13-12(14,15)10-3-1-9(2-4-10)11(17)5-7-16-8-6-11;1-5-9-6(11-10-5)4-12(8)3-2-7/h1-4,16-17H,5-8H2;2-3H,4,7-8H2,1H3,(H,9,10,11)/b;3-2-. The fourth-order valence-corrected chi connectivity index (χ4v) is 2.88. The van der Waals surface area contributed by atoms with Gasteiger partial charge in [0.05, 0.1) is 17.7 Å². The van der Waals surface area contributed by atoms with Crippen molar-refractivity contribution in [3.05, 3.63) is 59.4 Å². The molecule has 0 unspecified atom stereocenters. The lowest BCUT2D eigenvalue weighted by Gasteiger charge is -2.33. The van der Waals surface area contributed by atoms with Crippen molar-refractivity contribution in [2.75, 3.05) is 13.1 Å². The predicted molar refractivity (Wildman–Crippen MR) is 102 cm³/mol. The number of aromatic amines is 1. The molecular formula is C18H26F3N7O. The molecule has 0 saturated carbocycles. The number of hydrogen-bond acceptors (Lipinski definition) is 7. The first kappa shape index (κ1) is 22.7. The molecule has 0 bridgehead atoms. The second-order valence-electron chi connectivity index (χ2n) is 6.71. The van der Waals surface area contributed by atoms with E-state index in [1.165, 1.54) is 23.3 Å². The first-order chi connectivity index (χ1) is 13.6. The number of hydrogen-bond donors (Lipinski definition) is 5. The van der Waals surface area contributed by atoms with Gasteiger partial charge in [-0.1, -0.05) is 12.1 Å². The van der Waals surface area contributed by atoms with Gasteiger partial charge in [-0.25, -0.2) is 10.8 Å². The summed E-state index contributed by atoms with van der Waals surface area (Å²) in [6, 6.07) is 4.78. The van der Waals surface area contributed by atoms with Gasteiger partial charge >= 0.3 is 6.18 Å². The van der Waals surface area contributed by atoms with Crippen LogP contribution in [0.4, 0.5) is 13.2 Å². The van der Waals surface area contributed by atoms with E-state index < -0.39 is 17.3 Å². The lowest BCUT2D eigenvalue weighted by atomic mass is 9.85. The molecule has 2 heterocycles. The van der Waals surface area contributed by atoms with Gasteiger partial charge in [-0.2, -0.15) is 18.3 Å². The SMILES string of the molecule is Cc1nc(CN(N)/C=C\N)n[nH]1.OC1(c2ccc(C(F)(F)F)cc2)CCNCC1. The molecule has 11 heteroatoms. The summed E-state index contributed by atoms with van der Waals surface area (Å²) < 4.78 is 37.2. The van der Waals surface area contributed by atoms with Crippen LogP contribution in [0.2, 0.25) is 0 Å². The maximum atomic E-state index is 12.4. The van der Waals surface area contributed by atoms with Crippen LogP contribution < -0.4 is 16.9 Å². The molecule has 0 aliphatic carbocycles. The summed E-state index contributed by atoms with van der Waals surface area (Å²) >= 11 is 0. The molecule has 0 radical (unpaired) electrons. The summed E-state index contributed by atoms with van der Waals surface area (Å²) in [6.45, 7) is 3.63. The van der Waals surface area contributed by atoms with E-state index in [2.05, 4.69) is 20.5 Å². The highest BCUT2D eigenvalue weighted by molar-refractivity contribution is 5.29. The number of nitrogens with two attached hydrogens (primary N) is 2. The van der Waals surface area contributed by atoms with Crippen LogP contribution in [0, 0.1) is 6.92 Å². The Morgan fingerprint density at radius 2 is 1.86 bits per heavy atom. The average molecular weight is 413 g/mol. The first-order valence-corrected chi connectivity index (χ1v) is 9.02. The van der Waals surface area contributed by atoms with Crippen LogP contribution in [-0.4, -0.2) is 38.4 Å². The topological polar surface area (TPSA) is 129 Å². The number of H-pyrrole nitrogens is 1. The summed E-state index contributed by atoms with van der Waals surface area (Å²) in [6.07, 6.45) is -0.364. The van der Waals surface area contributed by atoms with Gasteiger partial charge in [0.15, 0.2) is 5.82 Å². The van der Waals surface area contributed by atoms with E-state index in [0.717, 1.165) is 18.0 Å². The number of nitrogens with one attached hydrogen (secondary N) is 2. The summed E-state index contributed by atoms with van der Waals surface area (Å²) in [5.74, 6) is 6.92. The van der Waals surface area contributed by atoms with Crippen LogP contribution in [0.5, 0.6) is 0 Å². The highest BCUT2D eigenvalue weighted by atomic mass is 19.4. The van der Waals surface area contributed by atoms with E-state index in [-0.39, 0.29) is 0 Å². The molecule has 2 aromatic rings. The highest BCUT2D eigenvalue weighted by Crippen LogP contribution is 2.34. The third-order valence-electron chi connectivity index (χ3n) is 4.43. The predicted octanol–water partition coefficient (Wildman–Crippen LogP) is 1.50. The highest BCUT2D eigenvalue weighted by Gasteiger charge is 2.33. The van der Waals surface area contributed by atoms with Gasteiger partial charge in [0.25, 0.3) is 0 Å². The van der Waals surface area contributed by atoms with Crippen molar-refractivity contribution < 1.29 is 18.3 Å². The second kappa shape index (κ2) is 9.72. The van der Waals surface area contributed by atoms with Gasteiger partial charge in [0.2, 0.25) is 0 Å². The van der Waals surface area contributed by atoms with Gasteiger partial charge in [-0.3, -0.25) is 5.10 Å². The lowest BCUT2D eigenvalue weighted by molar-refractivity contribution is -0.137. The molecule has 1 saturated heterocycles. The zero-order valence-electron chi connectivity index (χ0n) is 16.1. The van der Waals surface area contributed by atoms with Crippen molar-refractivity contribution in [3.63, 3.8) is 0 Å². The molecule has 0 amide bonds. The minimum absolute atomic E-state index is 0.442. The number of hydrazine groups is 1. The second-order valence-corrected chi connectivity index (χ2v) is 6.71. The molecule has 0 atom stereocenters. The van der Waals surface area contributed by atoms with Gasteiger partial charge < -0.3 is 21.2 Å². The number of aryl methyl sites for hydroxylation is 1. The van der Waals surface area contributed by atoms with Crippen LogP contribution >= 0.6 is 0 Å². The van der Waals surface area contributed by atoms with E-state index in [1.807, 2.05) is 6.92 Å². The molecule has 1 fully saturated rings. The number of nitrogens with zero attached hydrogens (tertiary/aromatic N) is 3. The fraction of sp³-hybridized carbons (Fsp3) is 0.444. The number of aliphatic hydroxyl groups is 1. The zero-order valence-corrected chi connectivity index (χ0v) is 16.1. The molecular weight excluding hydrogens is 387 g/mol. The van der Waals surface area contributed by atoms with Gasteiger partial charge in [0.1, 0.15) is 5.82 Å². The number of benzene rings is 1. The molecule has 0 spiro atoms. The van der Waals surface area contributed by atoms with E-state index in [4.69, 9.17) is 11.6 Å². The van der Waals surface area contributed by atoms with Crippen molar-refractivity contribution in [2.45, 2.75) is 38.1 Å². The number of rotatable bonds is 4. The maximum Gasteiger partial charge on any atom is 0.416 e. The van der Waals surface area contributed by atoms with Gasteiger partial charge in [-0.15, -0.1) is 0 Å². The smallest absolute Gasteiger partial charge is 0.403 e. The molecule has 1 aromatic carbocycles. The minimum Gasteiger partial charge on any atom is -0.403 e. The van der Waals surface area contributed by atoms with E-state index in [1.54, 1.807) is 6.20 Å². The fourth-order valence-electron chi connectivity index (χ4n) is 2.88. The largest absolute Gasteiger partial charge is 0.416 e. The third-order valence-corrected chi connectivity index (χ3v) is 4.43. The molecule has 7 N–H and O–H groups in total. The van der Waals surface area contributed by atoms with Crippen LogP contribution in [0.25, 0.3) is 0 Å². The van der Waals surface area contributed by atoms with Gasteiger partial charge in [0, 0.05) is 12.4 Å². The summed E-state index contributed by atoms with van der Waals surface area (Å²) in [5.41, 5.74) is 4.03. The van der Waals surface area contributed by atoms with Crippen molar-refractivity contribution >= 4 is 0 Å². The lowest BCUT2D eigenvalue weighted by Crippen LogP contribution is -2.39. The molecule has 3 rings (SSSR count). The van der Waals surface area contributed by atoms with Crippen LogP contribution in [0.3, 0.4) is 0 Å². The zero-order chi connectivity index (χ0) is 21.5. The number of halogens is 3. The third kappa shape index (κ3) is 6.73. The Morgan fingerprint density at radius 1 is 1.24 bits per heavy atom. The summed E-state index contributed by atoms with van der Waals surface area (Å²) in [4.78, 5) is 4.07. The normalized spacial score (nSPS) is 16.3. The van der Waals surface area contributed by atoms with Crippen LogP contribution in [0.15, 0.2) is 36.7 Å². The summed E-state index contributed by atoms with van der Waals surface area (Å²) in [5, 5.41) is 21.4. The molecule has 1 aromatic heterocycles. The Labute approximate surface area is 166 Å². The Balaban J connectivity index is 0.000000221. The van der Waals surface area contributed by atoms with E-state index in [0.29, 0.717) is 43.9 Å². The Kier molecular flexibility index (Phi) is 7.59. The molecule has 29 heavy (non-hydrogen) atoms. The van der Waals surface area contributed by atoms with Gasteiger partial charge in [-0.05, 0) is 50.6 Å². The first-order valence-electron chi connectivity index (χ1n) is 9.02. The monoisotopic (exact) mass is 413 g/mol. The van der Waals surface area contributed by atoms with Crippen molar-refractivity contribution in [2.24, 2.45) is 11.6 Å². The molecule has 8 nitrogen and oxygen atoms in total.